The molecule has 5 heteroatoms. The highest BCUT2D eigenvalue weighted by Gasteiger charge is 2.59. The molecule has 0 aliphatic heterocycles. The zero-order chi connectivity index (χ0) is 23.6. The SMILES string of the molecule is CC(C)(C)CC(=O)[N+](C(=O)CC(C)(C)C)(C(=O)CC(C)(C)C)C(=O)CC(C)(C)C. The lowest BCUT2D eigenvalue weighted by molar-refractivity contribution is -0.631. The van der Waals surface area contributed by atoms with Crippen molar-refractivity contribution in [3.8, 4) is 0 Å². The van der Waals surface area contributed by atoms with Crippen LogP contribution in [-0.2, 0) is 19.2 Å². The highest BCUT2D eigenvalue weighted by Crippen LogP contribution is 2.34. The topological polar surface area (TPSA) is 68.3 Å². The van der Waals surface area contributed by atoms with Crippen molar-refractivity contribution in [3.05, 3.63) is 0 Å². The molecule has 0 rings (SSSR count). The van der Waals surface area contributed by atoms with Crippen LogP contribution in [0.1, 0.15) is 109 Å². The van der Waals surface area contributed by atoms with E-state index in [1.54, 1.807) is 0 Å². The molecule has 0 saturated carbocycles. The van der Waals surface area contributed by atoms with Crippen LogP contribution >= 0.6 is 0 Å². The van der Waals surface area contributed by atoms with Gasteiger partial charge < -0.3 is 0 Å². The smallest absolute Gasteiger partial charge is 0.229 e. The van der Waals surface area contributed by atoms with Gasteiger partial charge in [-0.2, -0.15) is 0 Å². The Balaban J connectivity index is 6.76. The second-order valence-electron chi connectivity index (χ2n) is 13.2. The second-order valence-corrected chi connectivity index (χ2v) is 13.2. The zero-order valence-electron chi connectivity index (χ0n) is 20.9. The Kier molecular flexibility index (Phi) is 8.38. The fraction of sp³-hybridized carbons (Fsp3) is 0.833. The highest BCUT2D eigenvalue weighted by molar-refractivity contribution is 6.09. The van der Waals surface area contributed by atoms with Gasteiger partial charge in [-0.05, 0) is 21.7 Å². The monoisotopic (exact) mass is 410 g/mol. The first-order valence-corrected chi connectivity index (χ1v) is 10.5. The van der Waals surface area contributed by atoms with E-state index in [-0.39, 0.29) is 25.7 Å². The molecule has 0 spiro atoms. The summed E-state index contributed by atoms with van der Waals surface area (Å²) in [5, 5.41) is 0. The van der Waals surface area contributed by atoms with Crippen molar-refractivity contribution in [1.29, 1.82) is 0 Å². The van der Waals surface area contributed by atoms with Gasteiger partial charge in [-0.25, -0.2) is 19.2 Å². The van der Waals surface area contributed by atoms with Gasteiger partial charge in [0.05, 0.1) is 25.7 Å². The fourth-order valence-corrected chi connectivity index (χ4v) is 3.12. The maximum Gasteiger partial charge on any atom is 0.336 e. The zero-order valence-corrected chi connectivity index (χ0v) is 20.9. The fourth-order valence-electron chi connectivity index (χ4n) is 3.12. The number of rotatable bonds is 4. The van der Waals surface area contributed by atoms with E-state index in [0.717, 1.165) is 0 Å². The minimum atomic E-state index is -1.29. The standard InChI is InChI=1S/C24H44NO4/c1-21(2,3)13-17(26)25(18(27)14-22(4,5)6,19(28)15-23(7,8)9)20(29)16-24(10,11)12/h13-16H2,1-12H3/q+1. The third kappa shape index (κ3) is 8.90. The molecule has 0 aromatic heterocycles. The Bertz CT molecular complexity index is 529. The van der Waals surface area contributed by atoms with Crippen molar-refractivity contribution in [2.45, 2.75) is 109 Å². The number of carbonyl (C=O) groups is 4. The van der Waals surface area contributed by atoms with Crippen LogP contribution in [0.3, 0.4) is 0 Å². The first kappa shape index (κ1) is 27.6. The highest BCUT2D eigenvalue weighted by atomic mass is 16.2. The number of nitrogens with zero attached hydrogens (tertiary/aromatic N) is 1. The Morgan fingerprint density at radius 3 is 0.655 bits per heavy atom. The number of hydrogen-bond acceptors (Lipinski definition) is 4. The van der Waals surface area contributed by atoms with Crippen molar-refractivity contribution >= 4 is 23.6 Å². The van der Waals surface area contributed by atoms with E-state index in [0.29, 0.717) is 0 Å². The number of quaternary nitrogens is 1. The first-order chi connectivity index (χ1) is 12.5. The predicted octanol–water partition coefficient (Wildman–Crippen LogP) is 5.65. The molecule has 0 fully saturated rings. The molecule has 29 heavy (non-hydrogen) atoms. The van der Waals surface area contributed by atoms with Gasteiger partial charge >= 0.3 is 23.6 Å². The third-order valence-corrected chi connectivity index (χ3v) is 4.22. The summed E-state index contributed by atoms with van der Waals surface area (Å²) in [6.45, 7) is 22.5. The molecular weight excluding hydrogens is 366 g/mol. The van der Waals surface area contributed by atoms with Crippen molar-refractivity contribution in [3.63, 3.8) is 0 Å². The van der Waals surface area contributed by atoms with E-state index in [4.69, 9.17) is 0 Å². The average molecular weight is 411 g/mol. The normalized spacial score (nSPS) is 13.9. The molecule has 5 nitrogen and oxygen atoms in total. The van der Waals surface area contributed by atoms with E-state index < -0.39 is 49.8 Å². The Labute approximate surface area is 178 Å². The number of amides is 4. The molecule has 0 bridgehead atoms. The largest absolute Gasteiger partial charge is 0.336 e. The predicted molar refractivity (Wildman–Crippen MR) is 117 cm³/mol. The summed E-state index contributed by atoms with van der Waals surface area (Å²) in [4.78, 5) is 54.3. The number of hydrogen-bond donors (Lipinski definition) is 0. The molecule has 0 saturated heterocycles. The maximum atomic E-state index is 13.6. The lowest BCUT2D eigenvalue weighted by Crippen LogP contribution is -2.66. The van der Waals surface area contributed by atoms with Crippen LogP contribution in [-0.4, -0.2) is 28.1 Å². The molecule has 0 radical (unpaired) electrons. The number of carbonyl (C=O) groups excluding carboxylic acids is 4. The summed E-state index contributed by atoms with van der Waals surface area (Å²) in [6.07, 6.45) is -0.0768. The first-order valence-electron chi connectivity index (χ1n) is 10.5. The Hall–Kier alpha value is -1.36. The van der Waals surface area contributed by atoms with Crippen molar-refractivity contribution in [2.24, 2.45) is 21.7 Å². The van der Waals surface area contributed by atoms with Crippen LogP contribution in [0.25, 0.3) is 0 Å². The summed E-state index contributed by atoms with van der Waals surface area (Å²) >= 11 is 0. The Morgan fingerprint density at radius 2 is 0.552 bits per heavy atom. The summed E-state index contributed by atoms with van der Waals surface area (Å²) in [7, 11) is 0. The Morgan fingerprint density at radius 1 is 0.414 bits per heavy atom. The summed E-state index contributed by atoms with van der Waals surface area (Å²) in [6, 6.07) is 0. The summed E-state index contributed by atoms with van der Waals surface area (Å²) in [5.74, 6) is -2.41. The summed E-state index contributed by atoms with van der Waals surface area (Å²) < 4.78 is -1.29. The lowest BCUT2D eigenvalue weighted by Gasteiger charge is -2.35. The lowest BCUT2D eigenvalue weighted by atomic mass is 9.85. The molecule has 168 valence electrons. The molecule has 0 heterocycles. The molecule has 0 unspecified atom stereocenters. The number of imide groups is 6. The van der Waals surface area contributed by atoms with Gasteiger partial charge in [-0.3, -0.25) is 0 Å². The molecule has 0 N–H and O–H groups in total. The van der Waals surface area contributed by atoms with E-state index in [9.17, 15) is 19.2 Å². The van der Waals surface area contributed by atoms with Crippen molar-refractivity contribution in [1.82, 2.24) is 0 Å². The van der Waals surface area contributed by atoms with Gasteiger partial charge in [0, 0.05) is 0 Å². The molecular formula is C24H44NO4+. The van der Waals surface area contributed by atoms with Crippen LogP contribution in [0.4, 0.5) is 0 Å². The third-order valence-electron chi connectivity index (χ3n) is 4.22. The van der Waals surface area contributed by atoms with Gasteiger partial charge in [-0.1, -0.05) is 87.6 Å². The molecule has 0 aliphatic rings. The average Bonchev–Trinajstić information content (AvgIpc) is 2.29. The van der Waals surface area contributed by atoms with Crippen molar-refractivity contribution in [2.75, 3.05) is 0 Å². The molecule has 0 atom stereocenters. The van der Waals surface area contributed by atoms with E-state index in [1.807, 2.05) is 83.1 Å². The van der Waals surface area contributed by atoms with Crippen LogP contribution in [0, 0.1) is 21.7 Å². The summed E-state index contributed by atoms with van der Waals surface area (Å²) in [5.41, 5.74) is -1.81. The molecule has 0 aromatic carbocycles. The van der Waals surface area contributed by atoms with Crippen LogP contribution in [0.15, 0.2) is 0 Å². The van der Waals surface area contributed by atoms with Gasteiger partial charge in [0.2, 0.25) is 0 Å². The van der Waals surface area contributed by atoms with Gasteiger partial charge in [0.15, 0.2) is 0 Å². The van der Waals surface area contributed by atoms with Crippen LogP contribution < -0.4 is 0 Å². The van der Waals surface area contributed by atoms with Gasteiger partial charge in [0.1, 0.15) is 0 Å². The van der Waals surface area contributed by atoms with E-state index in [1.165, 1.54) is 0 Å². The van der Waals surface area contributed by atoms with E-state index >= 15 is 0 Å². The maximum absolute atomic E-state index is 13.6. The van der Waals surface area contributed by atoms with Crippen LogP contribution in [0.5, 0.6) is 0 Å². The van der Waals surface area contributed by atoms with Crippen LogP contribution in [0.2, 0.25) is 0 Å². The van der Waals surface area contributed by atoms with E-state index in [2.05, 4.69) is 0 Å². The quantitative estimate of drug-likeness (QED) is 0.561. The minimum absolute atomic E-state index is 0.0192. The molecule has 4 amide bonds. The molecule has 0 aliphatic carbocycles. The van der Waals surface area contributed by atoms with Gasteiger partial charge in [0.25, 0.3) is 0 Å². The minimum Gasteiger partial charge on any atom is -0.229 e. The van der Waals surface area contributed by atoms with Crippen molar-refractivity contribution < 1.29 is 23.7 Å². The van der Waals surface area contributed by atoms with Gasteiger partial charge in [-0.15, -0.1) is 0 Å². The second kappa shape index (κ2) is 8.79. The molecule has 0 aromatic rings.